The van der Waals surface area contributed by atoms with Gasteiger partial charge in [0.25, 0.3) is 5.12 Å². The standard InChI is InChI=1S/C20H12BrNO3S2/c21-16-3-1-15-12-17(4-2-14(15)11-16)27(24,25)20(23)18-7-10-26-19(18)13-5-8-22-9-6-13/h1-12H. The van der Waals surface area contributed by atoms with Crippen molar-refractivity contribution in [3.8, 4) is 10.4 Å². The predicted octanol–water partition coefficient (Wildman–Crippen LogP) is 5.34. The van der Waals surface area contributed by atoms with E-state index in [2.05, 4.69) is 20.9 Å². The second-order valence-corrected chi connectivity index (χ2v) is 9.52. The van der Waals surface area contributed by atoms with Crippen molar-refractivity contribution in [2.45, 2.75) is 4.90 Å². The third kappa shape index (κ3) is 3.34. The van der Waals surface area contributed by atoms with Gasteiger partial charge in [0.15, 0.2) is 0 Å². The number of aromatic nitrogens is 1. The van der Waals surface area contributed by atoms with Gasteiger partial charge in [0, 0.05) is 21.7 Å². The van der Waals surface area contributed by atoms with Gasteiger partial charge in [0.05, 0.1) is 10.5 Å². The molecule has 0 spiro atoms. The fraction of sp³-hybridized carbons (Fsp3) is 0. The summed E-state index contributed by atoms with van der Waals surface area (Å²) in [5, 5.41) is 2.47. The molecule has 27 heavy (non-hydrogen) atoms. The highest BCUT2D eigenvalue weighted by atomic mass is 79.9. The Bertz CT molecular complexity index is 1260. The summed E-state index contributed by atoms with van der Waals surface area (Å²) in [5.41, 5.74) is 0.948. The molecule has 0 aliphatic rings. The topological polar surface area (TPSA) is 64.1 Å². The summed E-state index contributed by atoms with van der Waals surface area (Å²) >= 11 is 4.72. The number of rotatable bonds is 3. The van der Waals surface area contributed by atoms with E-state index >= 15 is 0 Å². The summed E-state index contributed by atoms with van der Waals surface area (Å²) in [4.78, 5) is 17.5. The molecule has 4 aromatic rings. The lowest BCUT2D eigenvalue weighted by Gasteiger charge is -2.07. The van der Waals surface area contributed by atoms with Crippen LogP contribution in [0, 0.1) is 0 Å². The number of halogens is 1. The minimum Gasteiger partial charge on any atom is -0.276 e. The number of hydrogen-bond acceptors (Lipinski definition) is 5. The van der Waals surface area contributed by atoms with Crippen LogP contribution < -0.4 is 0 Å². The average molecular weight is 458 g/mol. The maximum absolute atomic E-state index is 13.0. The third-order valence-electron chi connectivity index (χ3n) is 4.16. The molecule has 7 heteroatoms. The van der Waals surface area contributed by atoms with Crippen molar-refractivity contribution in [3.63, 3.8) is 0 Å². The number of pyridine rings is 1. The lowest BCUT2D eigenvalue weighted by atomic mass is 10.1. The first kappa shape index (κ1) is 18.0. The Balaban J connectivity index is 1.78. The predicted molar refractivity (Wildman–Crippen MR) is 111 cm³/mol. The van der Waals surface area contributed by atoms with Crippen LogP contribution in [0.4, 0.5) is 0 Å². The molecule has 0 saturated carbocycles. The van der Waals surface area contributed by atoms with Crippen molar-refractivity contribution in [1.29, 1.82) is 0 Å². The molecular formula is C20H12BrNO3S2. The van der Waals surface area contributed by atoms with Crippen LogP contribution in [0.5, 0.6) is 0 Å². The average Bonchev–Trinajstić information content (AvgIpc) is 3.17. The van der Waals surface area contributed by atoms with Gasteiger partial charge < -0.3 is 0 Å². The number of sulfone groups is 1. The summed E-state index contributed by atoms with van der Waals surface area (Å²) < 4.78 is 26.8. The summed E-state index contributed by atoms with van der Waals surface area (Å²) in [7, 11) is -4.15. The lowest BCUT2D eigenvalue weighted by Crippen LogP contribution is -2.15. The minimum absolute atomic E-state index is 0.00537. The van der Waals surface area contributed by atoms with E-state index in [1.807, 2.05) is 18.2 Å². The highest BCUT2D eigenvalue weighted by Gasteiger charge is 2.29. The molecule has 4 nitrogen and oxygen atoms in total. The first-order chi connectivity index (χ1) is 13.0. The first-order valence-electron chi connectivity index (χ1n) is 7.93. The second-order valence-electron chi connectivity index (χ2n) is 5.84. The van der Waals surface area contributed by atoms with Gasteiger partial charge in [-0.3, -0.25) is 9.78 Å². The van der Waals surface area contributed by atoms with E-state index in [0.29, 0.717) is 4.88 Å². The molecule has 0 saturated heterocycles. The van der Waals surface area contributed by atoms with Gasteiger partial charge in [-0.05, 0) is 64.2 Å². The smallest absolute Gasteiger partial charge is 0.276 e. The van der Waals surface area contributed by atoms with Crippen molar-refractivity contribution < 1.29 is 13.2 Å². The van der Waals surface area contributed by atoms with Crippen LogP contribution in [0.25, 0.3) is 21.2 Å². The molecular weight excluding hydrogens is 446 g/mol. The van der Waals surface area contributed by atoms with Crippen LogP contribution in [0.15, 0.2) is 81.7 Å². The Morgan fingerprint density at radius 2 is 1.63 bits per heavy atom. The van der Waals surface area contributed by atoms with Crippen LogP contribution in [-0.4, -0.2) is 18.5 Å². The van der Waals surface area contributed by atoms with Gasteiger partial charge in [0.1, 0.15) is 0 Å². The van der Waals surface area contributed by atoms with E-state index in [1.54, 1.807) is 42.0 Å². The Hall–Kier alpha value is -2.35. The van der Waals surface area contributed by atoms with Crippen molar-refractivity contribution in [3.05, 3.63) is 82.4 Å². The zero-order valence-corrected chi connectivity index (χ0v) is 17.0. The monoisotopic (exact) mass is 457 g/mol. The van der Waals surface area contributed by atoms with E-state index in [4.69, 9.17) is 0 Å². The van der Waals surface area contributed by atoms with Gasteiger partial charge >= 0.3 is 0 Å². The van der Waals surface area contributed by atoms with Gasteiger partial charge in [0.2, 0.25) is 9.84 Å². The van der Waals surface area contributed by atoms with Crippen LogP contribution >= 0.6 is 27.3 Å². The molecule has 0 aliphatic heterocycles. The zero-order valence-electron chi connectivity index (χ0n) is 13.8. The number of nitrogens with zero attached hydrogens (tertiary/aromatic N) is 1. The number of carbonyl (C=O) groups is 1. The first-order valence-corrected chi connectivity index (χ1v) is 11.1. The van der Waals surface area contributed by atoms with Crippen LogP contribution in [0.1, 0.15) is 10.4 Å². The summed E-state index contributed by atoms with van der Waals surface area (Å²) in [6.07, 6.45) is 3.22. The van der Waals surface area contributed by atoms with Crippen LogP contribution in [0.3, 0.4) is 0 Å². The Morgan fingerprint density at radius 1 is 0.926 bits per heavy atom. The van der Waals surface area contributed by atoms with E-state index in [0.717, 1.165) is 20.8 Å². The number of thiophene rings is 1. The van der Waals surface area contributed by atoms with Gasteiger partial charge in [-0.1, -0.05) is 28.1 Å². The van der Waals surface area contributed by atoms with Crippen molar-refractivity contribution >= 4 is 53.0 Å². The second kappa shape index (κ2) is 6.99. The fourth-order valence-corrected chi connectivity index (χ4v) is 5.36. The Labute approximate surface area is 168 Å². The largest absolute Gasteiger partial charge is 0.282 e. The number of hydrogen-bond donors (Lipinski definition) is 0. The Morgan fingerprint density at radius 3 is 2.41 bits per heavy atom. The molecule has 0 aliphatic carbocycles. The highest BCUT2D eigenvalue weighted by molar-refractivity contribution is 9.10. The van der Waals surface area contributed by atoms with Crippen LogP contribution in [-0.2, 0) is 9.84 Å². The fourth-order valence-electron chi connectivity index (χ4n) is 2.81. The molecule has 0 bridgehead atoms. The maximum Gasteiger partial charge on any atom is 0.282 e. The van der Waals surface area contributed by atoms with Crippen molar-refractivity contribution in [2.75, 3.05) is 0 Å². The van der Waals surface area contributed by atoms with Gasteiger partial charge in [-0.2, -0.15) is 0 Å². The number of fused-ring (bicyclic) bond motifs is 1. The summed E-state index contributed by atoms with van der Waals surface area (Å²) in [6, 6.07) is 15.3. The molecule has 134 valence electrons. The Kier molecular flexibility index (Phi) is 4.67. The molecule has 2 heterocycles. The van der Waals surface area contributed by atoms with E-state index in [1.165, 1.54) is 23.5 Å². The van der Waals surface area contributed by atoms with Crippen molar-refractivity contribution in [2.24, 2.45) is 0 Å². The van der Waals surface area contributed by atoms with Crippen molar-refractivity contribution in [1.82, 2.24) is 4.98 Å². The molecule has 0 unspecified atom stereocenters. The quantitative estimate of drug-likeness (QED) is 0.416. The van der Waals surface area contributed by atoms with Gasteiger partial charge in [-0.25, -0.2) is 8.42 Å². The van der Waals surface area contributed by atoms with E-state index < -0.39 is 15.0 Å². The molecule has 2 aromatic carbocycles. The zero-order chi connectivity index (χ0) is 19.0. The van der Waals surface area contributed by atoms with Crippen LogP contribution in [0.2, 0.25) is 0 Å². The summed E-state index contributed by atoms with van der Waals surface area (Å²) in [5.74, 6) is 0. The highest BCUT2D eigenvalue weighted by Crippen LogP contribution is 2.32. The molecule has 0 N–H and O–H groups in total. The molecule has 4 rings (SSSR count). The SMILES string of the molecule is O=C(c1ccsc1-c1ccncc1)S(=O)(=O)c1ccc2cc(Br)ccc2c1. The minimum atomic E-state index is -4.15. The third-order valence-corrected chi connectivity index (χ3v) is 7.20. The number of carbonyl (C=O) groups excluding carboxylic acids is 1. The molecule has 0 fully saturated rings. The normalized spacial score (nSPS) is 11.6. The summed E-state index contributed by atoms with van der Waals surface area (Å²) in [6.45, 7) is 0. The van der Waals surface area contributed by atoms with E-state index in [-0.39, 0.29) is 10.5 Å². The molecule has 0 radical (unpaired) electrons. The van der Waals surface area contributed by atoms with Gasteiger partial charge in [-0.15, -0.1) is 11.3 Å². The number of benzene rings is 2. The van der Waals surface area contributed by atoms with E-state index in [9.17, 15) is 13.2 Å². The molecule has 2 aromatic heterocycles. The molecule has 0 amide bonds. The lowest BCUT2D eigenvalue weighted by molar-refractivity contribution is 0.107. The molecule has 0 atom stereocenters. The maximum atomic E-state index is 13.0.